The Morgan fingerprint density at radius 2 is 2.00 bits per heavy atom. The second-order valence-corrected chi connectivity index (χ2v) is 7.02. The summed E-state index contributed by atoms with van der Waals surface area (Å²) in [7, 11) is 2.20. The van der Waals surface area contributed by atoms with E-state index in [4.69, 9.17) is 9.15 Å². The van der Waals surface area contributed by atoms with Gasteiger partial charge in [0.05, 0.1) is 6.26 Å². The van der Waals surface area contributed by atoms with Crippen LogP contribution in [0.2, 0.25) is 0 Å². The molecule has 2 rings (SSSR count). The number of piperazine rings is 1. The summed E-state index contributed by atoms with van der Waals surface area (Å²) in [6.07, 6.45) is 4.98. The van der Waals surface area contributed by atoms with Crippen LogP contribution in [-0.4, -0.2) is 81.8 Å². The molecule has 0 spiro atoms. The fourth-order valence-corrected chi connectivity index (χ4v) is 3.01. The van der Waals surface area contributed by atoms with E-state index in [1.807, 2.05) is 12.1 Å². The predicted octanol–water partition coefficient (Wildman–Crippen LogP) is 2.39. The molecule has 2 heterocycles. The number of rotatable bonds is 12. The summed E-state index contributed by atoms with van der Waals surface area (Å²) in [4.78, 5) is 9.59. The molecule has 0 amide bonds. The zero-order valence-corrected chi connectivity index (χ0v) is 19.8. The molecule has 1 aromatic heterocycles. The SMILES string of the molecule is CCNC(=NCCCOCc1ccco1)NCCCCN1CCN(C)CC1.I. The molecule has 162 valence electrons. The van der Waals surface area contributed by atoms with Crippen LogP contribution < -0.4 is 10.6 Å². The topological polar surface area (TPSA) is 65.3 Å². The molecular weight excluding hydrogens is 469 g/mol. The number of hydrogen-bond acceptors (Lipinski definition) is 5. The Kier molecular flexibility index (Phi) is 14.4. The highest BCUT2D eigenvalue weighted by atomic mass is 127. The van der Waals surface area contributed by atoms with Crippen molar-refractivity contribution >= 4 is 29.9 Å². The minimum atomic E-state index is 0. The lowest BCUT2D eigenvalue weighted by molar-refractivity contribution is 0.105. The van der Waals surface area contributed by atoms with Gasteiger partial charge < -0.3 is 29.6 Å². The molecule has 28 heavy (non-hydrogen) atoms. The molecule has 0 saturated carbocycles. The van der Waals surface area contributed by atoms with Crippen LogP contribution in [0.3, 0.4) is 0 Å². The summed E-state index contributed by atoms with van der Waals surface area (Å²) in [6, 6.07) is 3.80. The molecule has 0 aromatic carbocycles. The maximum absolute atomic E-state index is 5.59. The van der Waals surface area contributed by atoms with Crippen molar-refractivity contribution in [3.63, 3.8) is 0 Å². The third-order valence-electron chi connectivity index (χ3n) is 4.67. The van der Waals surface area contributed by atoms with Crippen LogP contribution in [0.25, 0.3) is 0 Å². The van der Waals surface area contributed by atoms with Crippen molar-refractivity contribution in [3.8, 4) is 0 Å². The normalized spacial score (nSPS) is 16.0. The van der Waals surface area contributed by atoms with Crippen molar-refractivity contribution in [1.82, 2.24) is 20.4 Å². The van der Waals surface area contributed by atoms with E-state index in [0.29, 0.717) is 13.2 Å². The van der Waals surface area contributed by atoms with Crippen LogP contribution >= 0.6 is 24.0 Å². The summed E-state index contributed by atoms with van der Waals surface area (Å²) in [5, 5.41) is 6.74. The standard InChI is InChI=1S/C20H37N5O2.HI/c1-3-21-20(23-10-7-16-26-18-19-8-6-17-27-19)22-9-4-5-11-25-14-12-24(2)13-15-25;/h6,8,17H,3-5,7,9-16,18H2,1-2H3,(H2,21,22,23);1H. The zero-order valence-electron chi connectivity index (χ0n) is 17.5. The highest BCUT2D eigenvalue weighted by Crippen LogP contribution is 2.02. The van der Waals surface area contributed by atoms with Gasteiger partial charge in [-0.05, 0) is 51.9 Å². The van der Waals surface area contributed by atoms with Crippen molar-refractivity contribution in [2.75, 3.05) is 66.0 Å². The maximum atomic E-state index is 5.59. The first-order valence-electron chi connectivity index (χ1n) is 10.3. The smallest absolute Gasteiger partial charge is 0.191 e. The summed E-state index contributed by atoms with van der Waals surface area (Å²) in [6.45, 7) is 11.9. The summed E-state index contributed by atoms with van der Waals surface area (Å²) in [5.74, 6) is 1.77. The van der Waals surface area contributed by atoms with Gasteiger partial charge in [0.15, 0.2) is 5.96 Å². The molecule has 8 heteroatoms. The van der Waals surface area contributed by atoms with Gasteiger partial charge in [0.2, 0.25) is 0 Å². The Hall–Kier alpha value is -0.840. The first kappa shape index (κ1) is 25.2. The van der Waals surface area contributed by atoms with Crippen LogP contribution in [0.5, 0.6) is 0 Å². The van der Waals surface area contributed by atoms with Crippen molar-refractivity contribution < 1.29 is 9.15 Å². The molecule has 0 unspecified atom stereocenters. The van der Waals surface area contributed by atoms with E-state index >= 15 is 0 Å². The highest BCUT2D eigenvalue weighted by Gasteiger charge is 2.12. The average Bonchev–Trinajstić information content (AvgIpc) is 3.19. The Labute approximate surface area is 187 Å². The van der Waals surface area contributed by atoms with Crippen LogP contribution in [0, 0.1) is 0 Å². The van der Waals surface area contributed by atoms with Gasteiger partial charge in [0, 0.05) is 52.4 Å². The summed E-state index contributed by atoms with van der Waals surface area (Å²) >= 11 is 0. The van der Waals surface area contributed by atoms with Crippen molar-refractivity contribution in [3.05, 3.63) is 24.2 Å². The number of ether oxygens (including phenoxy) is 1. The number of unbranched alkanes of at least 4 members (excludes halogenated alkanes) is 1. The number of likely N-dealkylation sites (N-methyl/N-ethyl adjacent to an activating group) is 1. The largest absolute Gasteiger partial charge is 0.467 e. The molecule has 0 atom stereocenters. The van der Waals surface area contributed by atoms with Gasteiger partial charge >= 0.3 is 0 Å². The fourth-order valence-electron chi connectivity index (χ4n) is 3.01. The number of hydrogen-bond donors (Lipinski definition) is 2. The number of aliphatic imine (C=N–C) groups is 1. The van der Waals surface area contributed by atoms with Crippen molar-refractivity contribution in [1.29, 1.82) is 0 Å². The second kappa shape index (κ2) is 16.0. The van der Waals surface area contributed by atoms with Gasteiger partial charge in [-0.3, -0.25) is 4.99 Å². The molecule has 7 nitrogen and oxygen atoms in total. The van der Waals surface area contributed by atoms with Gasteiger partial charge in [-0.25, -0.2) is 0 Å². The van der Waals surface area contributed by atoms with Gasteiger partial charge in [0.1, 0.15) is 12.4 Å². The number of nitrogens with zero attached hydrogens (tertiary/aromatic N) is 3. The summed E-state index contributed by atoms with van der Waals surface area (Å²) in [5.41, 5.74) is 0. The lowest BCUT2D eigenvalue weighted by atomic mass is 10.2. The molecule has 0 radical (unpaired) electrons. The van der Waals surface area contributed by atoms with Gasteiger partial charge in [0.25, 0.3) is 0 Å². The van der Waals surface area contributed by atoms with Crippen LogP contribution in [-0.2, 0) is 11.3 Å². The minimum absolute atomic E-state index is 0. The van der Waals surface area contributed by atoms with E-state index in [9.17, 15) is 0 Å². The third kappa shape index (κ3) is 11.2. The number of halogens is 1. The first-order valence-corrected chi connectivity index (χ1v) is 10.3. The summed E-state index contributed by atoms with van der Waals surface area (Å²) < 4.78 is 10.8. The molecule has 0 aliphatic carbocycles. The predicted molar refractivity (Wildman–Crippen MR) is 126 cm³/mol. The average molecular weight is 507 g/mol. The number of nitrogens with one attached hydrogen (secondary N) is 2. The Balaban J connectivity index is 0.00000392. The van der Waals surface area contributed by atoms with E-state index < -0.39 is 0 Å². The lowest BCUT2D eigenvalue weighted by Gasteiger charge is -2.32. The Bertz CT molecular complexity index is 505. The molecule has 0 bridgehead atoms. The van der Waals surface area contributed by atoms with E-state index in [0.717, 1.165) is 37.8 Å². The molecule has 1 saturated heterocycles. The molecular formula is C20H38IN5O2. The van der Waals surface area contributed by atoms with E-state index in [-0.39, 0.29) is 24.0 Å². The highest BCUT2D eigenvalue weighted by molar-refractivity contribution is 14.0. The molecule has 1 aliphatic heterocycles. The first-order chi connectivity index (χ1) is 13.3. The van der Waals surface area contributed by atoms with Crippen LogP contribution in [0.4, 0.5) is 0 Å². The van der Waals surface area contributed by atoms with Crippen molar-refractivity contribution in [2.24, 2.45) is 4.99 Å². The monoisotopic (exact) mass is 507 g/mol. The third-order valence-corrected chi connectivity index (χ3v) is 4.67. The lowest BCUT2D eigenvalue weighted by Crippen LogP contribution is -2.44. The zero-order chi connectivity index (χ0) is 19.2. The number of furan rings is 1. The minimum Gasteiger partial charge on any atom is -0.467 e. The van der Waals surface area contributed by atoms with Gasteiger partial charge in [-0.2, -0.15) is 0 Å². The number of guanidine groups is 1. The molecule has 2 N–H and O–H groups in total. The quantitative estimate of drug-likeness (QED) is 0.196. The molecule has 1 aliphatic rings. The Morgan fingerprint density at radius 1 is 1.18 bits per heavy atom. The fraction of sp³-hybridized carbons (Fsp3) is 0.750. The van der Waals surface area contributed by atoms with Gasteiger partial charge in [-0.1, -0.05) is 0 Å². The van der Waals surface area contributed by atoms with E-state index in [2.05, 4.69) is 39.4 Å². The van der Waals surface area contributed by atoms with E-state index in [1.54, 1.807) is 6.26 Å². The second-order valence-electron chi connectivity index (χ2n) is 7.02. The van der Waals surface area contributed by atoms with Gasteiger partial charge in [-0.15, -0.1) is 24.0 Å². The van der Waals surface area contributed by atoms with Crippen molar-refractivity contribution in [2.45, 2.75) is 32.8 Å². The van der Waals surface area contributed by atoms with Crippen LogP contribution in [0.1, 0.15) is 31.9 Å². The van der Waals surface area contributed by atoms with Crippen LogP contribution in [0.15, 0.2) is 27.8 Å². The Morgan fingerprint density at radius 3 is 2.71 bits per heavy atom. The maximum Gasteiger partial charge on any atom is 0.191 e. The molecule has 1 aromatic rings. The molecule has 1 fully saturated rings. The van der Waals surface area contributed by atoms with E-state index in [1.165, 1.54) is 45.6 Å².